The fourth-order valence-electron chi connectivity index (χ4n) is 3.63. The molecule has 0 N–H and O–H groups in total. The third-order valence-electron chi connectivity index (χ3n) is 4.84. The van der Waals surface area contributed by atoms with E-state index < -0.39 is 6.04 Å². The zero-order chi connectivity index (χ0) is 19.3. The molecule has 4 aromatic rings. The van der Waals surface area contributed by atoms with Crippen LogP contribution in [0.4, 0.5) is 5.82 Å². The molecule has 0 radical (unpaired) electrons. The highest BCUT2D eigenvalue weighted by molar-refractivity contribution is 9.10. The number of hydrogen-bond acceptors (Lipinski definition) is 4. The number of carbonyl (C=O) groups excluding carboxylic acids is 1. The van der Waals surface area contributed by atoms with Crippen LogP contribution < -0.4 is 10.3 Å². The van der Waals surface area contributed by atoms with Crippen molar-refractivity contribution in [1.29, 1.82) is 0 Å². The second-order valence-electron chi connectivity index (χ2n) is 6.49. The van der Waals surface area contributed by atoms with E-state index in [0.717, 1.165) is 10.0 Å². The first kappa shape index (κ1) is 16.9. The smallest absolute Gasteiger partial charge is 0.296 e. The van der Waals surface area contributed by atoms with E-state index >= 15 is 0 Å². The van der Waals surface area contributed by atoms with Gasteiger partial charge in [0.05, 0.1) is 17.0 Å². The summed E-state index contributed by atoms with van der Waals surface area (Å²) >= 11 is 3.40. The van der Waals surface area contributed by atoms with Crippen LogP contribution in [0.15, 0.2) is 86.6 Å². The molecule has 0 bridgehead atoms. The molecule has 0 fully saturated rings. The number of amides is 1. The molecule has 1 amide bonds. The standard InChI is InChI=1S/C22H13BrN2O3/c23-14-9-10-16-15(12-14)20(26)18-19(13-6-2-1-3-7-13)25(22(27)21(18)28-16)17-8-4-5-11-24-17/h1-12,19H. The molecule has 2 aromatic carbocycles. The van der Waals surface area contributed by atoms with Gasteiger partial charge in [-0.1, -0.05) is 52.3 Å². The minimum Gasteiger partial charge on any atom is -0.450 e. The predicted molar refractivity (Wildman–Crippen MR) is 110 cm³/mol. The zero-order valence-electron chi connectivity index (χ0n) is 14.5. The first-order valence-electron chi connectivity index (χ1n) is 8.71. The molecule has 1 atom stereocenters. The third-order valence-corrected chi connectivity index (χ3v) is 5.34. The van der Waals surface area contributed by atoms with Crippen LogP contribution in [0.5, 0.6) is 0 Å². The highest BCUT2D eigenvalue weighted by Gasteiger charge is 2.44. The van der Waals surface area contributed by atoms with E-state index in [2.05, 4.69) is 20.9 Å². The summed E-state index contributed by atoms with van der Waals surface area (Å²) < 4.78 is 6.69. The largest absolute Gasteiger partial charge is 0.450 e. The summed E-state index contributed by atoms with van der Waals surface area (Å²) in [7, 11) is 0. The fraction of sp³-hybridized carbons (Fsp3) is 0.0455. The summed E-state index contributed by atoms with van der Waals surface area (Å²) in [4.78, 5) is 32.6. The lowest BCUT2D eigenvalue weighted by Crippen LogP contribution is -2.30. The van der Waals surface area contributed by atoms with Crippen LogP contribution in [0.2, 0.25) is 0 Å². The predicted octanol–water partition coefficient (Wildman–Crippen LogP) is 4.70. The summed E-state index contributed by atoms with van der Waals surface area (Å²) in [6, 6.07) is 19.4. The molecule has 1 aliphatic rings. The van der Waals surface area contributed by atoms with Crippen molar-refractivity contribution >= 4 is 38.6 Å². The van der Waals surface area contributed by atoms with Gasteiger partial charge in [-0.3, -0.25) is 14.5 Å². The van der Waals surface area contributed by atoms with Gasteiger partial charge in [-0.15, -0.1) is 0 Å². The summed E-state index contributed by atoms with van der Waals surface area (Å²) in [5.41, 5.74) is 1.34. The van der Waals surface area contributed by atoms with Crippen LogP contribution in [0.3, 0.4) is 0 Å². The number of benzene rings is 2. The maximum atomic E-state index is 13.4. The lowest BCUT2D eigenvalue weighted by Gasteiger charge is -2.24. The van der Waals surface area contributed by atoms with Crippen LogP contribution in [0.1, 0.15) is 27.7 Å². The number of carbonyl (C=O) groups is 1. The molecule has 136 valence electrons. The Labute approximate surface area is 168 Å². The molecular formula is C22H13BrN2O3. The Morgan fingerprint density at radius 3 is 2.50 bits per heavy atom. The van der Waals surface area contributed by atoms with Crippen LogP contribution in [0.25, 0.3) is 11.0 Å². The van der Waals surface area contributed by atoms with Gasteiger partial charge in [0.25, 0.3) is 5.91 Å². The van der Waals surface area contributed by atoms with Crippen molar-refractivity contribution in [3.63, 3.8) is 0 Å². The zero-order valence-corrected chi connectivity index (χ0v) is 16.1. The van der Waals surface area contributed by atoms with Crippen molar-refractivity contribution in [1.82, 2.24) is 4.98 Å². The molecule has 0 saturated carbocycles. The molecule has 5 nitrogen and oxygen atoms in total. The topological polar surface area (TPSA) is 63.4 Å². The molecule has 2 aromatic heterocycles. The van der Waals surface area contributed by atoms with Gasteiger partial charge in [0.15, 0.2) is 5.43 Å². The number of pyridine rings is 1. The van der Waals surface area contributed by atoms with E-state index in [4.69, 9.17) is 4.42 Å². The molecule has 1 aliphatic heterocycles. The number of rotatable bonds is 2. The Kier molecular flexibility index (Phi) is 3.87. The monoisotopic (exact) mass is 432 g/mol. The van der Waals surface area contributed by atoms with Crippen molar-refractivity contribution in [2.45, 2.75) is 6.04 Å². The molecule has 1 unspecified atom stereocenters. The highest BCUT2D eigenvalue weighted by atomic mass is 79.9. The molecule has 0 saturated heterocycles. The molecule has 3 heterocycles. The Balaban J connectivity index is 1.84. The van der Waals surface area contributed by atoms with Crippen LogP contribution in [-0.4, -0.2) is 10.9 Å². The molecule has 5 rings (SSSR count). The van der Waals surface area contributed by atoms with Gasteiger partial charge in [-0.2, -0.15) is 0 Å². The van der Waals surface area contributed by atoms with Gasteiger partial charge in [0.2, 0.25) is 5.76 Å². The van der Waals surface area contributed by atoms with E-state index in [1.165, 1.54) is 4.90 Å². The molecule has 6 heteroatoms. The Bertz CT molecular complexity index is 1270. The second kappa shape index (κ2) is 6.42. The number of fused-ring (bicyclic) bond motifs is 2. The van der Waals surface area contributed by atoms with Crippen molar-refractivity contribution < 1.29 is 9.21 Å². The Morgan fingerprint density at radius 1 is 0.964 bits per heavy atom. The van der Waals surface area contributed by atoms with E-state index in [9.17, 15) is 9.59 Å². The van der Waals surface area contributed by atoms with E-state index in [1.807, 2.05) is 36.4 Å². The van der Waals surface area contributed by atoms with Crippen LogP contribution in [0, 0.1) is 0 Å². The molecule has 0 spiro atoms. The van der Waals surface area contributed by atoms with Gasteiger partial charge in [-0.05, 0) is 35.9 Å². The van der Waals surface area contributed by atoms with Crippen LogP contribution in [-0.2, 0) is 0 Å². The van der Waals surface area contributed by atoms with Gasteiger partial charge in [-0.25, -0.2) is 4.98 Å². The lowest BCUT2D eigenvalue weighted by atomic mass is 9.98. The summed E-state index contributed by atoms with van der Waals surface area (Å²) in [5.74, 6) is 0.168. The van der Waals surface area contributed by atoms with Gasteiger partial charge in [0, 0.05) is 10.7 Å². The van der Waals surface area contributed by atoms with E-state index in [1.54, 1.807) is 36.5 Å². The molecular weight excluding hydrogens is 420 g/mol. The number of halogens is 1. The van der Waals surface area contributed by atoms with Crippen molar-refractivity contribution in [3.05, 3.63) is 105 Å². The van der Waals surface area contributed by atoms with E-state index in [-0.39, 0.29) is 17.1 Å². The maximum absolute atomic E-state index is 13.4. The normalized spacial score (nSPS) is 15.8. The quantitative estimate of drug-likeness (QED) is 0.460. The third kappa shape index (κ3) is 2.49. The van der Waals surface area contributed by atoms with Crippen molar-refractivity contribution in [2.75, 3.05) is 4.90 Å². The van der Waals surface area contributed by atoms with Gasteiger partial charge < -0.3 is 4.42 Å². The molecule has 28 heavy (non-hydrogen) atoms. The SMILES string of the molecule is O=C1c2oc3ccc(Br)cc3c(=O)c2C(c2ccccc2)N1c1ccccn1. The lowest BCUT2D eigenvalue weighted by molar-refractivity contribution is 0.0970. The Hall–Kier alpha value is -3.25. The first-order chi connectivity index (χ1) is 13.6. The molecule has 0 aliphatic carbocycles. The average Bonchev–Trinajstić information content (AvgIpc) is 3.03. The maximum Gasteiger partial charge on any atom is 0.296 e. The minimum atomic E-state index is -0.599. The number of nitrogens with zero attached hydrogens (tertiary/aromatic N) is 2. The average molecular weight is 433 g/mol. The summed E-state index contributed by atoms with van der Waals surface area (Å²) in [6.45, 7) is 0. The minimum absolute atomic E-state index is 0.0688. The summed E-state index contributed by atoms with van der Waals surface area (Å²) in [6.07, 6.45) is 1.62. The van der Waals surface area contributed by atoms with Crippen molar-refractivity contribution in [2.24, 2.45) is 0 Å². The van der Waals surface area contributed by atoms with Gasteiger partial charge >= 0.3 is 0 Å². The number of aromatic nitrogens is 1. The fourth-order valence-corrected chi connectivity index (χ4v) is 3.99. The second-order valence-corrected chi connectivity index (χ2v) is 7.41. The highest BCUT2D eigenvalue weighted by Crippen LogP contribution is 2.40. The van der Waals surface area contributed by atoms with Crippen LogP contribution >= 0.6 is 15.9 Å². The summed E-state index contributed by atoms with van der Waals surface area (Å²) in [5, 5.41) is 0.435. The number of anilines is 1. The number of hydrogen-bond donors (Lipinski definition) is 0. The Morgan fingerprint density at radius 2 is 1.75 bits per heavy atom. The van der Waals surface area contributed by atoms with Gasteiger partial charge in [0.1, 0.15) is 11.4 Å². The van der Waals surface area contributed by atoms with Crippen molar-refractivity contribution in [3.8, 4) is 0 Å². The van der Waals surface area contributed by atoms with E-state index in [0.29, 0.717) is 22.4 Å². The first-order valence-corrected chi connectivity index (χ1v) is 9.50.